The first kappa shape index (κ1) is 12.9. The summed E-state index contributed by atoms with van der Waals surface area (Å²) in [6.07, 6.45) is -0.138. The van der Waals surface area contributed by atoms with Crippen molar-refractivity contribution in [2.75, 3.05) is 13.1 Å². The average molecular weight is 204 g/mol. The van der Waals surface area contributed by atoms with Gasteiger partial charge in [0.15, 0.2) is 0 Å². The number of amides is 1. The molecule has 0 rings (SSSR count). The summed E-state index contributed by atoms with van der Waals surface area (Å²) < 4.78 is 0. The monoisotopic (exact) mass is 204 g/mol. The third-order valence-corrected chi connectivity index (χ3v) is 1.35. The van der Waals surface area contributed by atoms with Gasteiger partial charge in [-0.1, -0.05) is 0 Å². The lowest BCUT2D eigenvalue weighted by Crippen LogP contribution is -2.32. The molecule has 0 aromatic rings. The molecule has 0 fully saturated rings. The predicted molar refractivity (Wildman–Crippen MR) is 49.5 cm³/mol. The van der Waals surface area contributed by atoms with Crippen LogP contribution in [-0.4, -0.2) is 36.2 Å². The van der Waals surface area contributed by atoms with E-state index >= 15 is 0 Å². The molecular formula is C8H16N2O4. The predicted octanol–water partition coefficient (Wildman–Crippen LogP) is -0.493. The number of carbonyl (C=O) groups is 2. The Labute approximate surface area is 82.6 Å². The van der Waals surface area contributed by atoms with E-state index in [1.807, 2.05) is 6.92 Å². The summed E-state index contributed by atoms with van der Waals surface area (Å²) in [6, 6.07) is 0. The van der Waals surface area contributed by atoms with Crippen molar-refractivity contribution >= 4 is 11.9 Å². The molecule has 0 spiro atoms. The van der Waals surface area contributed by atoms with E-state index in [2.05, 4.69) is 10.8 Å². The molecule has 1 unspecified atom stereocenters. The van der Waals surface area contributed by atoms with Crippen LogP contribution >= 0.6 is 0 Å². The maximum atomic E-state index is 11.0. The molecule has 0 saturated heterocycles. The van der Waals surface area contributed by atoms with Crippen molar-refractivity contribution in [3.63, 3.8) is 0 Å². The number of nitrogens with one attached hydrogen (secondary N) is 2. The molecule has 0 aliphatic rings. The molecule has 3 N–H and O–H groups in total. The quantitative estimate of drug-likeness (QED) is 0.487. The molecule has 0 bridgehead atoms. The lowest BCUT2D eigenvalue weighted by molar-refractivity contribution is -0.140. The van der Waals surface area contributed by atoms with E-state index in [-0.39, 0.29) is 25.0 Å². The van der Waals surface area contributed by atoms with Gasteiger partial charge < -0.3 is 10.4 Å². The molecule has 0 aromatic heterocycles. The standard InChI is InChI=1S/C8H16N2O4/c1-3-9-7(11)4-6(2)14-10-5-8(12)13/h6,10H,3-5H2,1-2H3,(H,9,11)(H,12,13). The Morgan fingerprint density at radius 2 is 2.14 bits per heavy atom. The molecule has 6 heteroatoms. The molecule has 82 valence electrons. The van der Waals surface area contributed by atoms with Gasteiger partial charge in [-0.25, -0.2) is 0 Å². The van der Waals surface area contributed by atoms with E-state index in [1.165, 1.54) is 0 Å². The van der Waals surface area contributed by atoms with Crippen molar-refractivity contribution in [1.82, 2.24) is 10.8 Å². The largest absolute Gasteiger partial charge is 0.480 e. The highest BCUT2D eigenvalue weighted by Crippen LogP contribution is 1.94. The molecule has 0 saturated carbocycles. The van der Waals surface area contributed by atoms with Gasteiger partial charge in [-0.05, 0) is 13.8 Å². The number of carboxylic acid groups (broad SMARTS) is 1. The van der Waals surface area contributed by atoms with Crippen LogP contribution in [0.25, 0.3) is 0 Å². The molecule has 0 radical (unpaired) electrons. The van der Waals surface area contributed by atoms with Gasteiger partial charge in [-0.2, -0.15) is 5.48 Å². The number of hydroxylamine groups is 1. The summed E-state index contributed by atoms with van der Waals surface area (Å²) in [4.78, 5) is 26.0. The van der Waals surface area contributed by atoms with Crippen LogP contribution in [-0.2, 0) is 14.4 Å². The third-order valence-electron chi connectivity index (χ3n) is 1.35. The van der Waals surface area contributed by atoms with Gasteiger partial charge in [0.2, 0.25) is 5.91 Å². The Morgan fingerprint density at radius 1 is 1.50 bits per heavy atom. The fraction of sp³-hybridized carbons (Fsp3) is 0.750. The summed E-state index contributed by atoms with van der Waals surface area (Å²) in [5.74, 6) is -1.12. The zero-order valence-corrected chi connectivity index (χ0v) is 8.37. The minimum atomic E-state index is -1.00. The highest BCUT2D eigenvalue weighted by Gasteiger charge is 2.08. The molecular weight excluding hydrogens is 188 g/mol. The molecule has 1 amide bonds. The van der Waals surface area contributed by atoms with Gasteiger partial charge in [0, 0.05) is 6.54 Å². The number of aliphatic carboxylic acids is 1. The van der Waals surface area contributed by atoms with Crippen LogP contribution in [0, 0.1) is 0 Å². The van der Waals surface area contributed by atoms with Gasteiger partial charge in [0.1, 0.15) is 6.54 Å². The minimum absolute atomic E-state index is 0.114. The second-order valence-electron chi connectivity index (χ2n) is 2.80. The van der Waals surface area contributed by atoms with Gasteiger partial charge in [0.25, 0.3) is 0 Å². The molecule has 0 aliphatic heterocycles. The third kappa shape index (κ3) is 7.51. The number of carboxylic acids is 1. The van der Waals surface area contributed by atoms with E-state index < -0.39 is 5.97 Å². The van der Waals surface area contributed by atoms with Crippen LogP contribution in [0.4, 0.5) is 0 Å². The number of hydrogen-bond donors (Lipinski definition) is 3. The fourth-order valence-corrected chi connectivity index (χ4v) is 0.818. The SMILES string of the molecule is CCNC(=O)CC(C)ONCC(=O)O. The Bertz CT molecular complexity index is 196. The summed E-state index contributed by atoms with van der Waals surface area (Å²) in [5, 5.41) is 10.9. The molecule has 6 nitrogen and oxygen atoms in total. The number of carbonyl (C=O) groups excluding carboxylic acids is 1. The normalized spacial score (nSPS) is 12.1. The lowest BCUT2D eigenvalue weighted by Gasteiger charge is -2.11. The van der Waals surface area contributed by atoms with Crippen LogP contribution in [0.15, 0.2) is 0 Å². The Kier molecular flexibility index (Phi) is 6.69. The molecule has 0 heterocycles. The molecule has 0 aromatic carbocycles. The highest BCUT2D eigenvalue weighted by molar-refractivity contribution is 5.76. The summed E-state index contributed by atoms with van der Waals surface area (Å²) >= 11 is 0. The minimum Gasteiger partial charge on any atom is -0.480 e. The first-order valence-electron chi connectivity index (χ1n) is 4.43. The summed E-state index contributed by atoms with van der Waals surface area (Å²) in [5.41, 5.74) is 2.25. The number of rotatable bonds is 7. The van der Waals surface area contributed by atoms with Gasteiger partial charge in [-0.3, -0.25) is 14.4 Å². The van der Waals surface area contributed by atoms with Gasteiger partial charge >= 0.3 is 5.97 Å². The van der Waals surface area contributed by atoms with Crippen molar-refractivity contribution in [1.29, 1.82) is 0 Å². The van der Waals surface area contributed by atoms with E-state index in [0.29, 0.717) is 6.54 Å². The smallest absolute Gasteiger partial charge is 0.319 e. The second-order valence-corrected chi connectivity index (χ2v) is 2.80. The zero-order valence-electron chi connectivity index (χ0n) is 8.37. The highest BCUT2D eigenvalue weighted by atomic mass is 16.7. The van der Waals surface area contributed by atoms with E-state index in [9.17, 15) is 9.59 Å². The van der Waals surface area contributed by atoms with Crippen molar-refractivity contribution in [3.8, 4) is 0 Å². The van der Waals surface area contributed by atoms with Crippen LogP contribution in [0.3, 0.4) is 0 Å². The summed E-state index contributed by atoms with van der Waals surface area (Å²) in [6.45, 7) is 3.81. The van der Waals surface area contributed by atoms with Gasteiger partial charge in [-0.15, -0.1) is 0 Å². The Morgan fingerprint density at radius 3 is 2.64 bits per heavy atom. The molecule has 1 atom stereocenters. The zero-order chi connectivity index (χ0) is 11.0. The van der Waals surface area contributed by atoms with Crippen molar-refractivity contribution in [3.05, 3.63) is 0 Å². The van der Waals surface area contributed by atoms with Crippen molar-refractivity contribution < 1.29 is 19.5 Å². The first-order valence-corrected chi connectivity index (χ1v) is 4.43. The molecule has 14 heavy (non-hydrogen) atoms. The maximum Gasteiger partial charge on any atom is 0.319 e. The summed E-state index contributed by atoms with van der Waals surface area (Å²) in [7, 11) is 0. The van der Waals surface area contributed by atoms with Gasteiger partial charge in [0.05, 0.1) is 12.5 Å². The van der Waals surface area contributed by atoms with Crippen LogP contribution in [0.1, 0.15) is 20.3 Å². The second kappa shape index (κ2) is 7.28. The Hall–Kier alpha value is -1.14. The molecule has 0 aliphatic carbocycles. The van der Waals surface area contributed by atoms with E-state index in [0.717, 1.165) is 0 Å². The van der Waals surface area contributed by atoms with Crippen molar-refractivity contribution in [2.45, 2.75) is 26.4 Å². The lowest BCUT2D eigenvalue weighted by atomic mass is 10.3. The van der Waals surface area contributed by atoms with Crippen LogP contribution in [0.5, 0.6) is 0 Å². The fourth-order valence-electron chi connectivity index (χ4n) is 0.818. The van der Waals surface area contributed by atoms with E-state index in [4.69, 9.17) is 9.94 Å². The van der Waals surface area contributed by atoms with Crippen LogP contribution < -0.4 is 10.8 Å². The van der Waals surface area contributed by atoms with E-state index in [1.54, 1.807) is 6.92 Å². The number of hydrogen-bond acceptors (Lipinski definition) is 4. The first-order chi connectivity index (χ1) is 6.56. The van der Waals surface area contributed by atoms with Crippen LogP contribution in [0.2, 0.25) is 0 Å². The maximum absolute atomic E-state index is 11.0. The van der Waals surface area contributed by atoms with Crippen molar-refractivity contribution in [2.24, 2.45) is 0 Å². The average Bonchev–Trinajstić information content (AvgIpc) is 2.03. The topological polar surface area (TPSA) is 87.7 Å². The Balaban J connectivity index is 3.49.